The topological polar surface area (TPSA) is 63.7 Å². The normalized spacial score (nSPS) is 14.8. The van der Waals surface area contributed by atoms with E-state index in [2.05, 4.69) is 14.9 Å². The molecule has 25 heavy (non-hydrogen) atoms. The van der Waals surface area contributed by atoms with Gasteiger partial charge in [-0.2, -0.15) is 11.8 Å². The summed E-state index contributed by atoms with van der Waals surface area (Å²) in [6.07, 6.45) is 1.62. The zero-order chi connectivity index (χ0) is 16.8. The Morgan fingerprint density at radius 1 is 1.28 bits per heavy atom. The van der Waals surface area contributed by atoms with Gasteiger partial charge in [0.25, 0.3) is 0 Å². The molecular formula is C17H20FIN4OS. The van der Waals surface area contributed by atoms with E-state index in [1.54, 1.807) is 30.5 Å². The molecule has 0 saturated carbocycles. The summed E-state index contributed by atoms with van der Waals surface area (Å²) in [6.45, 7) is 2.29. The number of para-hydroxylation sites is 1. The van der Waals surface area contributed by atoms with E-state index in [0.717, 1.165) is 30.2 Å². The molecule has 134 valence electrons. The zero-order valence-electron chi connectivity index (χ0n) is 13.6. The number of halogens is 2. The first-order chi connectivity index (χ1) is 11.7. The number of hydrogen-bond acceptors (Lipinski definition) is 4. The molecule has 2 heterocycles. The van der Waals surface area contributed by atoms with Gasteiger partial charge in [0, 0.05) is 36.9 Å². The summed E-state index contributed by atoms with van der Waals surface area (Å²) in [5.74, 6) is 2.77. The molecule has 3 rings (SSSR count). The quantitative estimate of drug-likeness (QED) is 0.418. The first-order valence-electron chi connectivity index (χ1n) is 7.72. The Labute approximate surface area is 167 Å². The van der Waals surface area contributed by atoms with Gasteiger partial charge in [0.05, 0.1) is 6.54 Å². The molecule has 1 saturated heterocycles. The minimum Gasteiger partial charge on any atom is -0.436 e. The van der Waals surface area contributed by atoms with Crippen LogP contribution < -0.4 is 10.5 Å². The van der Waals surface area contributed by atoms with Gasteiger partial charge in [0.15, 0.2) is 17.5 Å². The highest BCUT2D eigenvalue weighted by atomic mass is 127. The van der Waals surface area contributed by atoms with E-state index >= 15 is 0 Å². The number of ether oxygens (including phenoxy) is 1. The third kappa shape index (κ3) is 5.74. The predicted molar refractivity (Wildman–Crippen MR) is 110 cm³/mol. The van der Waals surface area contributed by atoms with Crippen LogP contribution in [0.1, 0.15) is 5.56 Å². The van der Waals surface area contributed by atoms with E-state index in [-0.39, 0.29) is 29.7 Å². The van der Waals surface area contributed by atoms with Crippen molar-refractivity contribution in [3.63, 3.8) is 0 Å². The Bertz CT molecular complexity index is 725. The number of nitrogens with zero attached hydrogens (tertiary/aromatic N) is 3. The number of aromatic nitrogens is 1. The van der Waals surface area contributed by atoms with Crippen molar-refractivity contribution in [2.75, 3.05) is 24.6 Å². The van der Waals surface area contributed by atoms with Crippen molar-refractivity contribution in [1.29, 1.82) is 0 Å². The summed E-state index contributed by atoms with van der Waals surface area (Å²) < 4.78 is 19.1. The Morgan fingerprint density at radius 2 is 2.04 bits per heavy atom. The summed E-state index contributed by atoms with van der Waals surface area (Å²) in [5, 5.41) is 0. The summed E-state index contributed by atoms with van der Waals surface area (Å²) in [4.78, 5) is 10.6. The van der Waals surface area contributed by atoms with Crippen molar-refractivity contribution in [3.05, 3.63) is 54.0 Å². The van der Waals surface area contributed by atoms with Crippen LogP contribution in [0.25, 0.3) is 0 Å². The van der Waals surface area contributed by atoms with Gasteiger partial charge in [-0.1, -0.05) is 12.1 Å². The lowest BCUT2D eigenvalue weighted by molar-refractivity contribution is 0.427. The lowest BCUT2D eigenvalue weighted by atomic mass is 10.2. The Hall–Kier alpha value is -1.55. The van der Waals surface area contributed by atoms with Crippen molar-refractivity contribution in [1.82, 2.24) is 9.88 Å². The van der Waals surface area contributed by atoms with Crippen molar-refractivity contribution in [3.8, 4) is 11.6 Å². The number of benzene rings is 1. The fourth-order valence-electron chi connectivity index (χ4n) is 2.31. The molecule has 8 heteroatoms. The first-order valence-corrected chi connectivity index (χ1v) is 8.88. The Balaban J connectivity index is 0.00000225. The molecule has 0 unspecified atom stereocenters. The van der Waals surface area contributed by atoms with E-state index in [4.69, 9.17) is 10.5 Å². The fraction of sp³-hybridized carbons (Fsp3) is 0.294. The average Bonchev–Trinajstić information content (AvgIpc) is 2.63. The summed E-state index contributed by atoms with van der Waals surface area (Å²) in [5.41, 5.74) is 6.96. The molecule has 1 aliphatic rings. The van der Waals surface area contributed by atoms with Crippen LogP contribution in [0, 0.1) is 5.82 Å². The molecule has 1 aromatic carbocycles. The largest absolute Gasteiger partial charge is 0.436 e. The maximum Gasteiger partial charge on any atom is 0.219 e. The number of nitrogens with two attached hydrogens (primary N) is 1. The number of thioether (sulfide) groups is 1. The second kappa shape index (κ2) is 9.81. The molecule has 1 aromatic heterocycles. The second-order valence-corrected chi connectivity index (χ2v) is 6.53. The molecule has 1 aliphatic heterocycles. The minimum atomic E-state index is -0.421. The van der Waals surface area contributed by atoms with E-state index in [1.807, 2.05) is 17.8 Å². The van der Waals surface area contributed by atoms with Gasteiger partial charge >= 0.3 is 0 Å². The van der Waals surface area contributed by atoms with Crippen molar-refractivity contribution in [2.45, 2.75) is 6.54 Å². The second-order valence-electron chi connectivity index (χ2n) is 5.31. The summed E-state index contributed by atoms with van der Waals surface area (Å²) >= 11 is 1.93. The van der Waals surface area contributed by atoms with E-state index in [9.17, 15) is 4.39 Å². The molecule has 0 radical (unpaired) electrons. The monoisotopic (exact) mass is 474 g/mol. The lowest BCUT2D eigenvalue weighted by Crippen LogP contribution is -2.42. The number of rotatable bonds is 4. The molecule has 0 amide bonds. The van der Waals surface area contributed by atoms with Crippen molar-refractivity contribution in [2.24, 2.45) is 10.7 Å². The molecule has 0 atom stereocenters. The maximum absolute atomic E-state index is 13.6. The van der Waals surface area contributed by atoms with Gasteiger partial charge in [-0.3, -0.25) is 0 Å². The number of aliphatic imine (C=N–C) groups is 1. The molecular weight excluding hydrogens is 454 g/mol. The van der Waals surface area contributed by atoms with Crippen LogP contribution in [0.5, 0.6) is 11.6 Å². The molecule has 2 aromatic rings. The molecule has 1 fully saturated rings. The molecule has 5 nitrogen and oxygen atoms in total. The van der Waals surface area contributed by atoms with E-state index in [0.29, 0.717) is 18.4 Å². The molecule has 0 spiro atoms. The van der Waals surface area contributed by atoms with Gasteiger partial charge in [-0.15, -0.1) is 24.0 Å². The maximum atomic E-state index is 13.6. The number of guanidine groups is 1. The highest BCUT2D eigenvalue weighted by molar-refractivity contribution is 14.0. The van der Waals surface area contributed by atoms with Crippen LogP contribution >= 0.6 is 35.7 Å². The minimum absolute atomic E-state index is 0. The standard InChI is InChI=1S/C17H19FN4OS.HI/c18-14-3-1-2-4-15(14)23-16-11-13(5-6-20-16)12-21-17(19)22-7-9-24-10-8-22;/h1-6,11H,7-10,12H2,(H2,19,21);1H. The Kier molecular flexibility index (Phi) is 7.76. The van der Waals surface area contributed by atoms with Crippen LogP contribution in [0.3, 0.4) is 0 Å². The molecule has 0 aliphatic carbocycles. The van der Waals surface area contributed by atoms with Crippen molar-refractivity contribution >= 4 is 41.7 Å². The highest BCUT2D eigenvalue weighted by Crippen LogP contribution is 2.23. The number of hydrogen-bond donors (Lipinski definition) is 1. The first kappa shape index (κ1) is 19.8. The van der Waals surface area contributed by atoms with Crippen LogP contribution in [-0.2, 0) is 6.54 Å². The van der Waals surface area contributed by atoms with Crippen LogP contribution in [-0.4, -0.2) is 40.4 Å². The van der Waals surface area contributed by atoms with Gasteiger partial charge in [-0.05, 0) is 23.8 Å². The molecule has 0 bridgehead atoms. The lowest BCUT2D eigenvalue weighted by Gasteiger charge is -2.27. The van der Waals surface area contributed by atoms with Gasteiger partial charge in [0.2, 0.25) is 5.88 Å². The van der Waals surface area contributed by atoms with E-state index < -0.39 is 5.82 Å². The van der Waals surface area contributed by atoms with Gasteiger partial charge in [-0.25, -0.2) is 14.4 Å². The fourth-order valence-corrected chi connectivity index (χ4v) is 3.21. The number of pyridine rings is 1. The third-order valence-electron chi connectivity index (χ3n) is 3.61. The SMILES string of the molecule is I.NC(=NCc1ccnc(Oc2ccccc2F)c1)N1CCSCC1. The highest BCUT2D eigenvalue weighted by Gasteiger charge is 2.12. The third-order valence-corrected chi connectivity index (χ3v) is 4.55. The Morgan fingerprint density at radius 3 is 2.80 bits per heavy atom. The van der Waals surface area contributed by atoms with Crippen molar-refractivity contribution < 1.29 is 9.13 Å². The van der Waals surface area contributed by atoms with Crippen LogP contribution in [0.2, 0.25) is 0 Å². The summed E-state index contributed by atoms with van der Waals surface area (Å²) in [6, 6.07) is 9.83. The zero-order valence-corrected chi connectivity index (χ0v) is 16.7. The van der Waals surface area contributed by atoms with E-state index in [1.165, 1.54) is 6.07 Å². The average molecular weight is 474 g/mol. The van der Waals surface area contributed by atoms with Gasteiger partial charge < -0.3 is 15.4 Å². The summed E-state index contributed by atoms with van der Waals surface area (Å²) in [7, 11) is 0. The van der Waals surface area contributed by atoms with Gasteiger partial charge in [0.1, 0.15) is 0 Å². The van der Waals surface area contributed by atoms with Crippen LogP contribution in [0.15, 0.2) is 47.6 Å². The smallest absolute Gasteiger partial charge is 0.219 e. The van der Waals surface area contributed by atoms with Crippen LogP contribution in [0.4, 0.5) is 4.39 Å². The molecule has 2 N–H and O–H groups in total. The predicted octanol–water partition coefficient (Wildman–Crippen LogP) is 3.49.